The Kier molecular flexibility index (Phi) is 2.76. The zero-order chi connectivity index (χ0) is 11.8. The van der Waals surface area contributed by atoms with Crippen molar-refractivity contribution in [3.8, 4) is 0 Å². The number of pyridine rings is 1. The number of hydrogen-bond acceptors (Lipinski definition) is 2. The number of nitrogens with one attached hydrogen (secondary N) is 1. The maximum absolute atomic E-state index is 12.3. The van der Waals surface area contributed by atoms with Crippen molar-refractivity contribution in [2.75, 3.05) is 0 Å². The predicted molar refractivity (Wildman–Crippen MR) is 44.0 cm³/mol. The van der Waals surface area contributed by atoms with Crippen LogP contribution in [0, 0.1) is 0 Å². The number of carboxylic acid groups (broad SMARTS) is 1. The molecule has 0 fully saturated rings. The highest BCUT2D eigenvalue weighted by Crippen LogP contribution is 2.31. The van der Waals surface area contributed by atoms with Crippen molar-refractivity contribution in [3.05, 3.63) is 32.7 Å². The first-order chi connectivity index (χ1) is 6.73. The smallest absolute Gasteiger partial charge is 0.418 e. The fourth-order valence-corrected chi connectivity index (χ4v) is 1.05. The Bertz CT molecular complexity index is 466. The van der Waals surface area contributed by atoms with Gasteiger partial charge in [-0.05, 0) is 6.07 Å². The van der Waals surface area contributed by atoms with E-state index in [2.05, 4.69) is 0 Å². The molecule has 0 aliphatic heterocycles. The molecule has 0 bridgehead atoms. The highest BCUT2D eigenvalue weighted by Gasteiger charge is 2.36. The van der Waals surface area contributed by atoms with E-state index in [9.17, 15) is 22.8 Å². The standard InChI is InChI=1S/C7H3ClF3NO3/c8-3-1-2(7(9,10)11)4(6(14)15)12-5(3)13/h1H,(H,12,13)(H,14,15). The number of halogens is 4. The molecule has 1 aromatic heterocycles. The maximum Gasteiger partial charge on any atom is 0.418 e. The van der Waals surface area contributed by atoms with E-state index in [0.29, 0.717) is 0 Å². The third-order valence-electron chi connectivity index (χ3n) is 1.52. The molecule has 0 aliphatic carbocycles. The lowest BCUT2D eigenvalue weighted by Gasteiger charge is -2.09. The van der Waals surface area contributed by atoms with Crippen LogP contribution in [-0.2, 0) is 6.18 Å². The normalized spacial score (nSPS) is 11.5. The average Bonchev–Trinajstić information content (AvgIpc) is 2.06. The predicted octanol–water partition coefficient (Wildman–Crippen LogP) is 1.75. The van der Waals surface area contributed by atoms with E-state index >= 15 is 0 Å². The number of rotatable bonds is 1. The molecule has 8 heteroatoms. The van der Waals surface area contributed by atoms with Crippen LogP contribution in [0.1, 0.15) is 16.1 Å². The molecule has 15 heavy (non-hydrogen) atoms. The lowest BCUT2D eigenvalue weighted by atomic mass is 10.2. The van der Waals surface area contributed by atoms with Gasteiger partial charge in [-0.3, -0.25) is 4.79 Å². The lowest BCUT2D eigenvalue weighted by Crippen LogP contribution is -2.21. The summed E-state index contributed by atoms with van der Waals surface area (Å²) in [5.41, 5.74) is -3.79. The van der Waals surface area contributed by atoms with Crippen LogP contribution in [0.15, 0.2) is 10.9 Å². The first-order valence-corrected chi connectivity index (χ1v) is 3.84. The zero-order valence-corrected chi connectivity index (χ0v) is 7.61. The van der Waals surface area contributed by atoms with Crippen molar-refractivity contribution in [1.29, 1.82) is 0 Å². The van der Waals surface area contributed by atoms with Gasteiger partial charge in [0, 0.05) is 0 Å². The molecule has 1 aromatic rings. The van der Waals surface area contributed by atoms with Crippen LogP contribution in [0.4, 0.5) is 13.2 Å². The van der Waals surface area contributed by atoms with Crippen LogP contribution in [0.25, 0.3) is 0 Å². The molecule has 0 aromatic carbocycles. The third kappa shape index (κ3) is 2.30. The molecule has 0 atom stereocenters. The first-order valence-electron chi connectivity index (χ1n) is 3.47. The van der Waals surface area contributed by atoms with E-state index in [-0.39, 0.29) is 6.07 Å². The summed E-state index contributed by atoms with van der Waals surface area (Å²) in [5, 5.41) is 7.72. The van der Waals surface area contributed by atoms with E-state index in [0.717, 1.165) is 0 Å². The van der Waals surface area contributed by atoms with Crippen LogP contribution in [0.3, 0.4) is 0 Å². The minimum absolute atomic E-state index is 0.282. The van der Waals surface area contributed by atoms with Gasteiger partial charge >= 0.3 is 12.1 Å². The minimum Gasteiger partial charge on any atom is -0.477 e. The summed E-state index contributed by atoms with van der Waals surface area (Å²) >= 11 is 5.16. The van der Waals surface area contributed by atoms with Gasteiger partial charge in [-0.15, -0.1) is 0 Å². The lowest BCUT2D eigenvalue weighted by molar-refractivity contribution is -0.138. The van der Waals surface area contributed by atoms with Crippen LogP contribution in [0.2, 0.25) is 5.02 Å². The van der Waals surface area contributed by atoms with Crippen molar-refractivity contribution in [3.63, 3.8) is 0 Å². The van der Waals surface area contributed by atoms with Gasteiger partial charge in [0.15, 0.2) is 0 Å². The van der Waals surface area contributed by atoms with E-state index < -0.39 is 34.0 Å². The van der Waals surface area contributed by atoms with Crippen molar-refractivity contribution in [2.24, 2.45) is 0 Å². The van der Waals surface area contributed by atoms with E-state index in [1.54, 1.807) is 4.98 Å². The highest BCUT2D eigenvalue weighted by atomic mass is 35.5. The number of alkyl halides is 3. The third-order valence-corrected chi connectivity index (χ3v) is 1.80. The molecule has 1 heterocycles. The summed E-state index contributed by atoms with van der Waals surface area (Å²) in [6, 6.07) is 0.282. The summed E-state index contributed by atoms with van der Waals surface area (Å²) in [7, 11) is 0. The quantitative estimate of drug-likeness (QED) is 0.787. The summed E-state index contributed by atoms with van der Waals surface area (Å²) < 4.78 is 36.8. The van der Waals surface area contributed by atoms with E-state index in [1.165, 1.54) is 0 Å². The van der Waals surface area contributed by atoms with Crippen LogP contribution in [0.5, 0.6) is 0 Å². The Hall–Kier alpha value is -1.50. The largest absolute Gasteiger partial charge is 0.477 e. The summed E-state index contributed by atoms with van der Waals surface area (Å²) in [5.74, 6) is -1.88. The highest BCUT2D eigenvalue weighted by molar-refractivity contribution is 6.30. The van der Waals surface area contributed by atoms with E-state index in [1.807, 2.05) is 0 Å². The monoisotopic (exact) mass is 241 g/mol. The molecular formula is C7H3ClF3NO3. The molecule has 0 saturated carbocycles. The second kappa shape index (κ2) is 3.58. The molecule has 0 aliphatic rings. The Morgan fingerprint density at radius 1 is 1.47 bits per heavy atom. The van der Waals surface area contributed by atoms with Crippen molar-refractivity contribution in [1.82, 2.24) is 4.98 Å². The van der Waals surface area contributed by atoms with Gasteiger partial charge in [-0.1, -0.05) is 11.6 Å². The molecule has 0 radical (unpaired) electrons. The van der Waals surface area contributed by atoms with Gasteiger partial charge < -0.3 is 10.1 Å². The Morgan fingerprint density at radius 2 is 2.00 bits per heavy atom. The summed E-state index contributed by atoms with van der Waals surface area (Å²) in [6.07, 6.45) is -4.89. The summed E-state index contributed by atoms with van der Waals surface area (Å²) in [4.78, 5) is 22.8. The molecule has 1 rings (SSSR count). The van der Waals surface area contributed by atoms with E-state index in [4.69, 9.17) is 16.7 Å². The van der Waals surface area contributed by atoms with Crippen LogP contribution in [-0.4, -0.2) is 16.1 Å². The second-order valence-corrected chi connectivity index (χ2v) is 2.95. The van der Waals surface area contributed by atoms with Crippen molar-refractivity contribution < 1.29 is 23.1 Å². The number of carboxylic acids is 1. The Balaban J connectivity index is 3.56. The molecule has 0 saturated heterocycles. The van der Waals surface area contributed by atoms with Gasteiger partial charge in [-0.2, -0.15) is 13.2 Å². The van der Waals surface area contributed by atoms with Crippen molar-refractivity contribution in [2.45, 2.75) is 6.18 Å². The average molecular weight is 242 g/mol. The number of carbonyl (C=O) groups is 1. The Labute approximate surface area is 85.3 Å². The van der Waals surface area contributed by atoms with Crippen LogP contribution >= 0.6 is 11.6 Å². The maximum atomic E-state index is 12.3. The number of aromatic amines is 1. The number of aromatic carboxylic acids is 1. The topological polar surface area (TPSA) is 70.2 Å². The zero-order valence-electron chi connectivity index (χ0n) is 6.85. The van der Waals surface area contributed by atoms with Crippen LogP contribution < -0.4 is 5.56 Å². The van der Waals surface area contributed by atoms with Gasteiger partial charge in [0.1, 0.15) is 10.7 Å². The molecule has 82 valence electrons. The molecule has 0 spiro atoms. The Morgan fingerprint density at radius 3 is 2.40 bits per heavy atom. The van der Waals surface area contributed by atoms with Gasteiger partial charge in [-0.25, -0.2) is 4.79 Å². The molecule has 4 nitrogen and oxygen atoms in total. The van der Waals surface area contributed by atoms with Crippen molar-refractivity contribution >= 4 is 17.6 Å². The second-order valence-electron chi connectivity index (χ2n) is 2.54. The molecule has 0 amide bonds. The molecule has 0 unspecified atom stereocenters. The SMILES string of the molecule is O=C(O)c1[nH]c(=O)c(Cl)cc1C(F)(F)F. The van der Waals surface area contributed by atoms with Gasteiger partial charge in [0.25, 0.3) is 5.56 Å². The first kappa shape index (κ1) is 11.6. The van der Waals surface area contributed by atoms with Gasteiger partial charge in [0.2, 0.25) is 0 Å². The number of aromatic nitrogens is 1. The number of H-pyrrole nitrogens is 1. The minimum atomic E-state index is -4.89. The number of hydrogen-bond donors (Lipinski definition) is 2. The molecular weight excluding hydrogens is 239 g/mol. The molecule has 2 N–H and O–H groups in total. The summed E-state index contributed by atoms with van der Waals surface area (Å²) in [6.45, 7) is 0. The van der Waals surface area contributed by atoms with Gasteiger partial charge in [0.05, 0.1) is 5.56 Å². The fourth-order valence-electron chi connectivity index (χ4n) is 0.897. The fraction of sp³-hybridized carbons (Fsp3) is 0.143.